The van der Waals surface area contributed by atoms with E-state index in [0.717, 1.165) is 18.3 Å². The fourth-order valence-electron chi connectivity index (χ4n) is 1.76. The van der Waals surface area contributed by atoms with Gasteiger partial charge in [-0.3, -0.25) is 0 Å². The zero-order valence-corrected chi connectivity index (χ0v) is 11.9. The van der Waals surface area contributed by atoms with Crippen molar-refractivity contribution in [2.45, 2.75) is 51.7 Å². The van der Waals surface area contributed by atoms with Crippen molar-refractivity contribution >= 4 is 11.7 Å². The molecule has 2 rings (SSSR count). The van der Waals surface area contributed by atoms with Crippen LogP contribution >= 0.6 is 0 Å². The molecule has 1 aliphatic carbocycles. The molecule has 104 valence electrons. The quantitative estimate of drug-likeness (QED) is 0.780. The molecule has 0 unspecified atom stereocenters. The van der Waals surface area contributed by atoms with Gasteiger partial charge in [0.1, 0.15) is 0 Å². The lowest BCUT2D eigenvalue weighted by Crippen LogP contribution is -2.43. The molecule has 4 nitrogen and oxygen atoms in total. The third-order valence-corrected chi connectivity index (χ3v) is 2.87. The van der Waals surface area contributed by atoms with Crippen LogP contribution in [-0.4, -0.2) is 17.6 Å². The molecule has 3 N–H and O–H groups in total. The fraction of sp³-hybridized carbons (Fsp3) is 0.533. The highest BCUT2D eigenvalue weighted by Gasteiger charge is 2.19. The molecular formula is C15H23N3O. The molecule has 0 aromatic heterocycles. The maximum atomic E-state index is 11.7. The molecule has 19 heavy (non-hydrogen) atoms. The van der Waals surface area contributed by atoms with Crippen molar-refractivity contribution < 1.29 is 4.79 Å². The van der Waals surface area contributed by atoms with Crippen LogP contribution in [0.2, 0.25) is 0 Å². The van der Waals surface area contributed by atoms with E-state index in [9.17, 15) is 4.79 Å². The van der Waals surface area contributed by atoms with Crippen LogP contribution in [0.5, 0.6) is 0 Å². The highest BCUT2D eigenvalue weighted by Crippen LogP contribution is 2.19. The van der Waals surface area contributed by atoms with Crippen LogP contribution < -0.4 is 16.0 Å². The summed E-state index contributed by atoms with van der Waals surface area (Å²) in [6, 6.07) is 8.51. The molecule has 0 saturated heterocycles. The average molecular weight is 261 g/mol. The van der Waals surface area contributed by atoms with E-state index in [1.54, 1.807) is 0 Å². The van der Waals surface area contributed by atoms with Crippen LogP contribution in [0.25, 0.3) is 0 Å². The fourth-order valence-corrected chi connectivity index (χ4v) is 1.76. The number of carbonyl (C=O) groups excluding carboxylic acids is 1. The van der Waals surface area contributed by atoms with Crippen molar-refractivity contribution in [2.24, 2.45) is 0 Å². The van der Waals surface area contributed by atoms with E-state index >= 15 is 0 Å². The zero-order valence-electron chi connectivity index (χ0n) is 11.9. The Morgan fingerprint density at radius 2 is 1.84 bits per heavy atom. The number of hydrogen-bond donors (Lipinski definition) is 3. The van der Waals surface area contributed by atoms with Gasteiger partial charge in [-0.2, -0.15) is 0 Å². The Morgan fingerprint density at radius 3 is 2.37 bits per heavy atom. The van der Waals surface area contributed by atoms with Crippen LogP contribution in [0.4, 0.5) is 10.5 Å². The molecule has 0 atom stereocenters. The van der Waals surface area contributed by atoms with E-state index in [0.29, 0.717) is 0 Å². The van der Waals surface area contributed by atoms with Gasteiger partial charge in [0.15, 0.2) is 0 Å². The number of rotatable bonds is 4. The topological polar surface area (TPSA) is 53.2 Å². The summed E-state index contributed by atoms with van der Waals surface area (Å²) in [4.78, 5) is 11.7. The monoisotopic (exact) mass is 261 g/mol. The Morgan fingerprint density at radius 1 is 1.21 bits per heavy atom. The molecule has 0 heterocycles. The van der Waals surface area contributed by atoms with Crippen LogP contribution in [0.15, 0.2) is 24.3 Å². The standard InChI is InChI=1S/C15H23N3O/c1-15(2,3)18-14(19)17-13-6-4-11(5-7-13)10-16-12-8-9-12/h4-7,12,16H,8-10H2,1-3H3,(H2,17,18,19). The second-order valence-electron chi connectivity index (χ2n) is 6.18. The van der Waals surface area contributed by atoms with Gasteiger partial charge in [-0.25, -0.2) is 4.79 Å². The van der Waals surface area contributed by atoms with E-state index in [2.05, 4.69) is 16.0 Å². The lowest BCUT2D eigenvalue weighted by atomic mass is 10.1. The highest BCUT2D eigenvalue weighted by molar-refractivity contribution is 5.89. The number of carbonyl (C=O) groups is 1. The molecule has 1 aromatic rings. The Labute approximate surface area is 115 Å². The minimum atomic E-state index is -0.224. The summed E-state index contributed by atoms with van der Waals surface area (Å²) in [5, 5.41) is 9.17. The van der Waals surface area contributed by atoms with Crippen LogP contribution in [0, 0.1) is 0 Å². The van der Waals surface area contributed by atoms with E-state index < -0.39 is 0 Å². The molecule has 0 radical (unpaired) electrons. The molecular weight excluding hydrogens is 238 g/mol. The molecule has 1 aliphatic rings. The predicted molar refractivity (Wildman–Crippen MR) is 78.2 cm³/mol. The molecule has 0 aliphatic heterocycles. The second kappa shape index (κ2) is 5.61. The number of nitrogens with one attached hydrogen (secondary N) is 3. The summed E-state index contributed by atoms with van der Waals surface area (Å²) in [6.45, 7) is 6.77. The summed E-state index contributed by atoms with van der Waals surface area (Å²) in [7, 11) is 0. The van der Waals surface area contributed by atoms with Gasteiger partial charge >= 0.3 is 6.03 Å². The third kappa shape index (κ3) is 5.30. The normalized spacial score (nSPS) is 15.1. The van der Waals surface area contributed by atoms with Gasteiger partial charge in [-0.05, 0) is 51.3 Å². The first-order chi connectivity index (χ1) is 8.92. The van der Waals surface area contributed by atoms with Crippen LogP contribution in [0.1, 0.15) is 39.2 Å². The van der Waals surface area contributed by atoms with Crippen LogP contribution in [-0.2, 0) is 6.54 Å². The van der Waals surface area contributed by atoms with Gasteiger partial charge in [0.2, 0.25) is 0 Å². The lowest BCUT2D eigenvalue weighted by Gasteiger charge is -2.20. The molecule has 1 aromatic carbocycles. The van der Waals surface area contributed by atoms with Crippen molar-refractivity contribution in [3.63, 3.8) is 0 Å². The van der Waals surface area contributed by atoms with E-state index in [-0.39, 0.29) is 11.6 Å². The second-order valence-corrected chi connectivity index (χ2v) is 6.18. The number of benzene rings is 1. The van der Waals surface area contributed by atoms with Crippen molar-refractivity contribution in [1.82, 2.24) is 10.6 Å². The summed E-state index contributed by atoms with van der Waals surface area (Å²) in [6.07, 6.45) is 2.60. The molecule has 2 amide bonds. The number of hydrogen-bond acceptors (Lipinski definition) is 2. The minimum Gasteiger partial charge on any atom is -0.333 e. The van der Waals surface area contributed by atoms with Crippen molar-refractivity contribution in [3.05, 3.63) is 29.8 Å². The van der Waals surface area contributed by atoms with E-state index in [4.69, 9.17) is 0 Å². The first-order valence-corrected chi connectivity index (χ1v) is 6.84. The van der Waals surface area contributed by atoms with Crippen molar-refractivity contribution in [2.75, 3.05) is 5.32 Å². The van der Waals surface area contributed by atoms with Gasteiger partial charge in [0.25, 0.3) is 0 Å². The predicted octanol–water partition coefficient (Wildman–Crippen LogP) is 2.86. The summed E-state index contributed by atoms with van der Waals surface area (Å²) < 4.78 is 0. The average Bonchev–Trinajstić information content (AvgIpc) is 3.09. The van der Waals surface area contributed by atoms with Crippen molar-refractivity contribution in [1.29, 1.82) is 0 Å². The van der Waals surface area contributed by atoms with E-state index in [1.807, 2.05) is 45.0 Å². The van der Waals surface area contributed by atoms with E-state index in [1.165, 1.54) is 18.4 Å². The first kappa shape index (κ1) is 13.9. The first-order valence-electron chi connectivity index (χ1n) is 6.84. The van der Waals surface area contributed by atoms with Gasteiger partial charge in [0.05, 0.1) is 0 Å². The number of anilines is 1. The Balaban J connectivity index is 1.81. The zero-order chi connectivity index (χ0) is 13.9. The Hall–Kier alpha value is -1.55. The summed E-state index contributed by atoms with van der Waals surface area (Å²) in [5.41, 5.74) is 1.84. The molecule has 1 fully saturated rings. The maximum absolute atomic E-state index is 11.7. The number of urea groups is 1. The molecule has 0 bridgehead atoms. The maximum Gasteiger partial charge on any atom is 0.319 e. The largest absolute Gasteiger partial charge is 0.333 e. The Bertz CT molecular complexity index is 430. The van der Waals surface area contributed by atoms with Gasteiger partial charge in [-0.15, -0.1) is 0 Å². The number of amides is 2. The third-order valence-electron chi connectivity index (χ3n) is 2.87. The van der Waals surface area contributed by atoms with Gasteiger partial charge in [0, 0.05) is 23.8 Å². The Kier molecular flexibility index (Phi) is 4.10. The van der Waals surface area contributed by atoms with Gasteiger partial charge < -0.3 is 16.0 Å². The lowest BCUT2D eigenvalue weighted by molar-refractivity contribution is 0.244. The molecule has 1 saturated carbocycles. The smallest absolute Gasteiger partial charge is 0.319 e. The van der Waals surface area contributed by atoms with Crippen LogP contribution in [0.3, 0.4) is 0 Å². The SMILES string of the molecule is CC(C)(C)NC(=O)Nc1ccc(CNC2CC2)cc1. The van der Waals surface area contributed by atoms with Gasteiger partial charge in [-0.1, -0.05) is 12.1 Å². The molecule has 0 spiro atoms. The van der Waals surface area contributed by atoms with Crippen molar-refractivity contribution in [3.8, 4) is 0 Å². The highest BCUT2D eigenvalue weighted by atomic mass is 16.2. The summed E-state index contributed by atoms with van der Waals surface area (Å²) >= 11 is 0. The minimum absolute atomic E-state index is 0.170. The molecule has 4 heteroatoms. The summed E-state index contributed by atoms with van der Waals surface area (Å²) in [5.74, 6) is 0.